The summed E-state index contributed by atoms with van der Waals surface area (Å²) in [7, 11) is 0. The largest absolute Gasteiger partial charge is 0.455 e. The lowest BCUT2D eigenvalue weighted by Crippen LogP contribution is -2.38. The first-order valence-corrected chi connectivity index (χ1v) is 8.63. The van der Waals surface area contributed by atoms with Gasteiger partial charge in [-0.1, -0.05) is 23.2 Å². The standard InChI is InChI=1S/C17H14Cl2N4O4.ClH/c18-12-3-1-10(7-13(12)19)14-4-2-11(27-14)8-21-22-9-16(25)23(17(22)26)15(24)5-6-20;/h1-4,7-8H,5-6,9,20H2;1H. The van der Waals surface area contributed by atoms with Crippen molar-refractivity contribution in [2.24, 2.45) is 10.8 Å². The smallest absolute Gasteiger partial charge is 0.354 e. The second kappa shape index (κ2) is 9.20. The van der Waals surface area contributed by atoms with Gasteiger partial charge in [-0.25, -0.2) is 9.80 Å². The lowest BCUT2D eigenvalue weighted by atomic mass is 10.2. The first kappa shape index (κ1) is 21.9. The second-order valence-corrected chi connectivity index (χ2v) is 6.39. The Hall–Kier alpha value is -2.39. The number of urea groups is 1. The number of halogens is 3. The fraction of sp³-hybridized carbons (Fsp3) is 0.176. The van der Waals surface area contributed by atoms with Gasteiger partial charge >= 0.3 is 6.03 Å². The fourth-order valence-corrected chi connectivity index (χ4v) is 2.71. The SMILES string of the molecule is Cl.NCCC(=O)N1C(=O)CN(N=Cc2ccc(-c3ccc(Cl)c(Cl)c3)o2)C1=O. The minimum absolute atomic E-state index is 0. The lowest BCUT2D eigenvalue weighted by molar-refractivity contribution is -0.138. The van der Waals surface area contributed by atoms with Gasteiger partial charge in [0.2, 0.25) is 5.91 Å². The summed E-state index contributed by atoms with van der Waals surface area (Å²) in [6.07, 6.45) is 1.18. The van der Waals surface area contributed by atoms with Crippen molar-refractivity contribution in [3.05, 3.63) is 46.1 Å². The highest BCUT2D eigenvalue weighted by atomic mass is 35.5. The van der Waals surface area contributed by atoms with Crippen LogP contribution in [-0.4, -0.2) is 47.1 Å². The summed E-state index contributed by atoms with van der Waals surface area (Å²) in [5.74, 6) is -0.418. The van der Waals surface area contributed by atoms with Crippen molar-refractivity contribution in [3.63, 3.8) is 0 Å². The van der Waals surface area contributed by atoms with Gasteiger partial charge < -0.3 is 10.2 Å². The molecular formula is C17H15Cl3N4O4. The molecule has 3 rings (SSSR count). The Morgan fingerprint density at radius 1 is 1.21 bits per heavy atom. The van der Waals surface area contributed by atoms with Crippen LogP contribution in [0.5, 0.6) is 0 Å². The number of nitrogens with two attached hydrogens (primary N) is 1. The monoisotopic (exact) mass is 444 g/mol. The van der Waals surface area contributed by atoms with E-state index < -0.39 is 17.8 Å². The van der Waals surface area contributed by atoms with Crippen LogP contribution in [-0.2, 0) is 9.59 Å². The average Bonchev–Trinajstić information content (AvgIpc) is 3.20. The summed E-state index contributed by atoms with van der Waals surface area (Å²) in [6.45, 7) is -0.283. The minimum atomic E-state index is -0.814. The minimum Gasteiger partial charge on any atom is -0.455 e. The van der Waals surface area contributed by atoms with E-state index in [0.717, 1.165) is 10.6 Å². The van der Waals surface area contributed by atoms with Crippen molar-refractivity contribution in [2.45, 2.75) is 6.42 Å². The van der Waals surface area contributed by atoms with Gasteiger partial charge in [0.1, 0.15) is 18.1 Å². The van der Waals surface area contributed by atoms with Crippen LogP contribution < -0.4 is 5.73 Å². The van der Waals surface area contributed by atoms with Gasteiger partial charge in [-0.15, -0.1) is 12.4 Å². The number of benzene rings is 1. The van der Waals surface area contributed by atoms with Crippen molar-refractivity contribution in [1.82, 2.24) is 9.91 Å². The van der Waals surface area contributed by atoms with Gasteiger partial charge in [-0.3, -0.25) is 9.59 Å². The molecule has 0 atom stereocenters. The molecule has 0 saturated carbocycles. The normalized spacial score (nSPS) is 14.1. The number of rotatable bonds is 5. The van der Waals surface area contributed by atoms with Gasteiger partial charge in [0.25, 0.3) is 5.91 Å². The first-order chi connectivity index (χ1) is 12.9. The fourth-order valence-electron chi connectivity index (χ4n) is 2.41. The van der Waals surface area contributed by atoms with Crippen molar-refractivity contribution in [3.8, 4) is 11.3 Å². The molecule has 1 aromatic heterocycles. The Morgan fingerprint density at radius 2 is 1.96 bits per heavy atom. The summed E-state index contributed by atoms with van der Waals surface area (Å²) in [4.78, 5) is 36.3. The molecule has 8 nitrogen and oxygen atoms in total. The van der Waals surface area contributed by atoms with Gasteiger partial charge in [0, 0.05) is 18.5 Å². The van der Waals surface area contributed by atoms with Crippen LogP contribution in [0.15, 0.2) is 39.9 Å². The number of furan rings is 1. The summed E-state index contributed by atoms with van der Waals surface area (Å²) < 4.78 is 5.63. The lowest BCUT2D eigenvalue weighted by Gasteiger charge is -2.11. The molecule has 0 bridgehead atoms. The highest BCUT2D eigenvalue weighted by Crippen LogP contribution is 2.29. The summed E-state index contributed by atoms with van der Waals surface area (Å²) in [5.41, 5.74) is 6.00. The Bertz CT molecular complexity index is 944. The average molecular weight is 446 g/mol. The molecular weight excluding hydrogens is 431 g/mol. The molecule has 1 saturated heterocycles. The van der Waals surface area contributed by atoms with Gasteiger partial charge in [0.05, 0.1) is 16.3 Å². The van der Waals surface area contributed by atoms with Crippen LogP contribution in [0.3, 0.4) is 0 Å². The maximum atomic E-state index is 12.1. The number of amides is 4. The molecule has 11 heteroatoms. The number of hydrazone groups is 1. The van der Waals surface area contributed by atoms with E-state index in [1.807, 2.05) is 0 Å². The number of imide groups is 3. The molecule has 2 N–H and O–H groups in total. The number of carbonyl (C=O) groups is 3. The van der Waals surface area contributed by atoms with E-state index in [1.54, 1.807) is 30.3 Å². The molecule has 2 heterocycles. The molecule has 4 amide bonds. The third-order valence-corrected chi connectivity index (χ3v) is 4.45. The molecule has 148 valence electrons. The van der Waals surface area contributed by atoms with Crippen LogP contribution in [0.4, 0.5) is 4.79 Å². The van der Waals surface area contributed by atoms with E-state index in [4.69, 9.17) is 33.4 Å². The van der Waals surface area contributed by atoms with Crippen molar-refractivity contribution < 1.29 is 18.8 Å². The number of carbonyl (C=O) groups excluding carboxylic acids is 3. The molecule has 0 unspecified atom stereocenters. The summed E-state index contributed by atoms with van der Waals surface area (Å²) >= 11 is 11.9. The molecule has 1 fully saturated rings. The van der Waals surface area contributed by atoms with Crippen molar-refractivity contribution in [2.75, 3.05) is 13.1 Å². The molecule has 28 heavy (non-hydrogen) atoms. The number of hydrogen-bond donors (Lipinski definition) is 1. The Kier molecular flexibility index (Phi) is 7.20. The molecule has 1 aliphatic heterocycles. The van der Waals surface area contributed by atoms with E-state index in [0.29, 0.717) is 26.5 Å². The Balaban J connectivity index is 0.00000280. The topological polar surface area (TPSA) is 109 Å². The zero-order valence-electron chi connectivity index (χ0n) is 14.3. The number of hydrogen-bond acceptors (Lipinski definition) is 6. The van der Waals surface area contributed by atoms with Crippen molar-refractivity contribution >= 4 is 59.7 Å². The number of nitrogens with zero attached hydrogens (tertiary/aromatic N) is 3. The molecule has 1 aromatic carbocycles. The predicted octanol–water partition coefficient (Wildman–Crippen LogP) is 3.15. The van der Waals surface area contributed by atoms with Crippen LogP contribution in [0.2, 0.25) is 10.0 Å². The van der Waals surface area contributed by atoms with E-state index >= 15 is 0 Å². The van der Waals surface area contributed by atoms with Crippen LogP contribution in [0.1, 0.15) is 12.2 Å². The van der Waals surface area contributed by atoms with Gasteiger partial charge in [-0.05, 0) is 30.3 Å². The highest BCUT2D eigenvalue weighted by Gasteiger charge is 2.40. The predicted molar refractivity (Wildman–Crippen MR) is 107 cm³/mol. The van der Waals surface area contributed by atoms with E-state index in [-0.39, 0.29) is 31.9 Å². The second-order valence-electron chi connectivity index (χ2n) is 5.58. The Morgan fingerprint density at radius 3 is 2.64 bits per heavy atom. The maximum Gasteiger partial charge on any atom is 0.354 e. The summed E-state index contributed by atoms with van der Waals surface area (Å²) in [6, 6.07) is 7.59. The summed E-state index contributed by atoms with van der Waals surface area (Å²) in [5, 5.41) is 5.64. The van der Waals surface area contributed by atoms with Crippen molar-refractivity contribution in [1.29, 1.82) is 0 Å². The van der Waals surface area contributed by atoms with E-state index in [9.17, 15) is 14.4 Å². The third kappa shape index (κ3) is 4.53. The van der Waals surface area contributed by atoms with Crippen LogP contribution in [0.25, 0.3) is 11.3 Å². The quantitative estimate of drug-likeness (QED) is 0.561. The zero-order valence-corrected chi connectivity index (χ0v) is 16.6. The molecule has 0 aliphatic carbocycles. The first-order valence-electron chi connectivity index (χ1n) is 7.87. The van der Waals surface area contributed by atoms with E-state index in [2.05, 4.69) is 5.10 Å². The van der Waals surface area contributed by atoms with Crippen LogP contribution >= 0.6 is 35.6 Å². The third-order valence-electron chi connectivity index (χ3n) is 3.71. The van der Waals surface area contributed by atoms with Gasteiger partial charge in [-0.2, -0.15) is 10.0 Å². The molecule has 0 radical (unpaired) electrons. The zero-order chi connectivity index (χ0) is 19.6. The van der Waals surface area contributed by atoms with Crippen LogP contribution in [0, 0.1) is 0 Å². The maximum absolute atomic E-state index is 12.1. The van der Waals surface area contributed by atoms with Gasteiger partial charge in [0.15, 0.2) is 0 Å². The van der Waals surface area contributed by atoms with E-state index in [1.165, 1.54) is 6.21 Å². The molecule has 0 spiro atoms. The molecule has 2 aromatic rings. The highest BCUT2D eigenvalue weighted by molar-refractivity contribution is 6.42. The molecule has 1 aliphatic rings. The Labute approximate surface area is 176 Å².